The quantitative estimate of drug-likeness (QED) is 0.508. The van der Waals surface area contributed by atoms with Crippen LogP contribution in [0.25, 0.3) is 16.7 Å². The molecule has 2 heterocycles. The van der Waals surface area contributed by atoms with Crippen LogP contribution in [-0.2, 0) is 9.53 Å². The van der Waals surface area contributed by atoms with Crippen LogP contribution in [0.2, 0.25) is 0 Å². The number of nitrogens with one attached hydrogen (secondary N) is 1. The summed E-state index contributed by atoms with van der Waals surface area (Å²) >= 11 is 0. The maximum atomic E-state index is 12.2. The second-order valence-electron chi connectivity index (χ2n) is 6.44. The van der Waals surface area contributed by atoms with Crippen molar-refractivity contribution in [2.45, 2.75) is 13.0 Å². The van der Waals surface area contributed by atoms with Gasteiger partial charge in [0.1, 0.15) is 24.0 Å². The molecular weight excluding hydrogens is 372 g/mol. The highest BCUT2D eigenvalue weighted by molar-refractivity contribution is 5.91. The van der Waals surface area contributed by atoms with E-state index >= 15 is 0 Å². The molecule has 0 aliphatic heterocycles. The van der Waals surface area contributed by atoms with Crippen LogP contribution in [0, 0.1) is 0 Å². The molecular formula is C21H18N4O4. The predicted octanol–water partition coefficient (Wildman–Crippen LogP) is 3.05. The molecule has 146 valence electrons. The Morgan fingerprint density at radius 2 is 1.97 bits per heavy atom. The van der Waals surface area contributed by atoms with E-state index in [1.807, 2.05) is 30.3 Å². The van der Waals surface area contributed by atoms with E-state index in [1.165, 1.54) is 6.33 Å². The summed E-state index contributed by atoms with van der Waals surface area (Å²) in [4.78, 5) is 28.2. The van der Waals surface area contributed by atoms with Gasteiger partial charge in [0, 0.05) is 5.39 Å². The highest BCUT2D eigenvalue weighted by Crippen LogP contribution is 2.23. The first-order chi connectivity index (χ1) is 14.1. The molecule has 0 aliphatic rings. The number of fused-ring (bicyclic) bond motifs is 1. The fraction of sp³-hybridized carbons (Fsp3) is 0.143. The van der Waals surface area contributed by atoms with Crippen LogP contribution in [0.15, 0.2) is 71.7 Å². The molecule has 0 saturated heterocycles. The molecule has 4 rings (SSSR count). The van der Waals surface area contributed by atoms with E-state index in [9.17, 15) is 9.59 Å². The average molecular weight is 390 g/mol. The predicted molar refractivity (Wildman–Crippen MR) is 104 cm³/mol. The van der Waals surface area contributed by atoms with Crippen LogP contribution < -0.4 is 5.32 Å². The largest absolute Gasteiger partial charge is 0.459 e. The van der Waals surface area contributed by atoms with Gasteiger partial charge in [0.15, 0.2) is 6.61 Å². The number of hydrogen-bond acceptors (Lipinski definition) is 6. The summed E-state index contributed by atoms with van der Waals surface area (Å²) in [7, 11) is 0. The van der Waals surface area contributed by atoms with Crippen molar-refractivity contribution in [1.82, 2.24) is 20.1 Å². The lowest BCUT2D eigenvalue weighted by Crippen LogP contribution is -2.31. The highest BCUT2D eigenvalue weighted by Gasteiger charge is 2.16. The number of benzene rings is 2. The van der Waals surface area contributed by atoms with Crippen molar-refractivity contribution in [3.8, 4) is 5.69 Å². The van der Waals surface area contributed by atoms with E-state index < -0.39 is 11.9 Å². The molecule has 1 amide bonds. The number of hydrogen-bond donors (Lipinski definition) is 1. The SMILES string of the molecule is C[C@H](NC(=O)COC(=O)c1ccc(-n2cncn2)cc1)c1cc2ccccc2o1. The standard InChI is InChI=1S/C21H18N4O4/c1-14(19-10-16-4-2-3-5-18(16)29-19)24-20(26)11-28-21(27)15-6-8-17(9-7-15)25-13-22-12-23-25/h2-10,12-14H,11H2,1H3,(H,24,26)/t14-/m0/s1. The number of carbonyl (C=O) groups is 2. The number of aromatic nitrogens is 3. The fourth-order valence-corrected chi connectivity index (χ4v) is 2.88. The first kappa shape index (κ1) is 18.4. The summed E-state index contributed by atoms with van der Waals surface area (Å²) in [6, 6.07) is 15.8. The van der Waals surface area contributed by atoms with E-state index in [-0.39, 0.29) is 12.6 Å². The number of nitrogens with zero attached hydrogens (tertiary/aromatic N) is 3. The van der Waals surface area contributed by atoms with Crippen molar-refractivity contribution in [2.75, 3.05) is 6.61 Å². The molecule has 2 aromatic carbocycles. The molecule has 0 unspecified atom stereocenters. The molecule has 1 atom stereocenters. The number of ether oxygens (including phenoxy) is 1. The van der Waals surface area contributed by atoms with Gasteiger partial charge in [0.25, 0.3) is 5.91 Å². The van der Waals surface area contributed by atoms with Gasteiger partial charge in [-0.3, -0.25) is 4.79 Å². The molecule has 0 aliphatic carbocycles. The van der Waals surface area contributed by atoms with Crippen LogP contribution in [0.3, 0.4) is 0 Å². The van der Waals surface area contributed by atoms with Gasteiger partial charge in [-0.05, 0) is 43.3 Å². The van der Waals surface area contributed by atoms with Crippen LogP contribution >= 0.6 is 0 Å². The molecule has 0 fully saturated rings. The minimum absolute atomic E-state index is 0.340. The number of furan rings is 1. The third-order valence-corrected chi connectivity index (χ3v) is 4.37. The van der Waals surface area contributed by atoms with Crippen LogP contribution in [0.5, 0.6) is 0 Å². The number of para-hydroxylation sites is 1. The van der Waals surface area contributed by atoms with Gasteiger partial charge >= 0.3 is 5.97 Å². The van der Waals surface area contributed by atoms with Gasteiger partial charge in [0.05, 0.1) is 17.3 Å². The summed E-state index contributed by atoms with van der Waals surface area (Å²) < 4.78 is 12.4. The monoisotopic (exact) mass is 390 g/mol. The molecule has 4 aromatic rings. The van der Waals surface area contributed by atoms with Crippen molar-refractivity contribution in [3.05, 3.63) is 78.6 Å². The summed E-state index contributed by atoms with van der Waals surface area (Å²) in [6.07, 6.45) is 2.98. The lowest BCUT2D eigenvalue weighted by molar-refractivity contribution is -0.125. The molecule has 2 aromatic heterocycles. The van der Waals surface area contributed by atoms with Crippen LogP contribution in [0.4, 0.5) is 0 Å². The van der Waals surface area contributed by atoms with Crippen LogP contribution in [0.1, 0.15) is 29.1 Å². The highest BCUT2D eigenvalue weighted by atomic mass is 16.5. The Labute approximate surface area is 166 Å². The van der Waals surface area contributed by atoms with Crippen molar-refractivity contribution >= 4 is 22.8 Å². The zero-order valence-corrected chi connectivity index (χ0v) is 15.6. The van der Waals surface area contributed by atoms with E-state index in [4.69, 9.17) is 9.15 Å². The van der Waals surface area contributed by atoms with E-state index in [0.29, 0.717) is 11.3 Å². The maximum Gasteiger partial charge on any atom is 0.338 e. The maximum absolute atomic E-state index is 12.2. The van der Waals surface area contributed by atoms with Gasteiger partial charge in [0.2, 0.25) is 0 Å². The molecule has 0 spiro atoms. The van der Waals surface area contributed by atoms with Gasteiger partial charge < -0.3 is 14.5 Å². The Balaban J connectivity index is 1.31. The zero-order valence-electron chi connectivity index (χ0n) is 15.6. The number of esters is 1. The van der Waals surface area contributed by atoms with Crippen LogP contribution in [-0.4, -0.2) is 33.2 Å². The Bertz CT molecular complexity index is 1100. The van der Waals surface area contributed by atoms with Gasteiger partial charge in [-0.1, -0.05) is 18.2 Å². The third kappa shape index (κ3) is 4.16. The number of amides is 1. The Kier molecular flexibility index (Phi) is 5.07. The van der Waals surface area contributed by atoms with E-state index in [2.05, 4.69) is 15.4 Å². The molecule has 29 heavy (non-hydrogen) atoms. The second-order valence-corrected chi connectivity index (χ2v) is 6.44. The number of carbonyl (C=O) groups excluding carboxylic acids is 2. The fourth-order valence-electron chi connectivity index (χ4n) is 2.88. The van der Waals surface area contributed by atoms with Crippen molar-refractivity contribution in [2.24, 2.45) is 0 Å². The van der Waals surface area contributed by atoms with Crippen molar-refractivity contribution in [3.63, 3.8) is 0 Å². The summed E-state index contributed by atoms with van der Waals surface area (Å²) in [5.74, 6) is -0.359. The lowest BCUT2D eigenvalue weighted by Gasteiger charge is -2.11. The molecule has 0 radical (unpaired) electrons. The molecule has 1 N–H and O–H groups in total. The molecule has 0 saturated carbocycles. The Morgan fingerprint density at radius 3 is 2.69 bits per heavy atom. The van der Waals surface area contributed by atoms with Gasteiger partial charge in [-0.15, -0.1) is 0 Å². The Hall–Kier alpha value is -3.94. The van der Waals surface area contributed by atoms with E-state index in [0.717, 1.165) is 16.7 Å². The van der Waals surface area contributed by atoms with Crippen molar-refractivity contribution < 1.29 is 18.7 Å². The minimum Gasteiger partial charge on any atom is -0.459 e. The Morgan fingerprint density at radius 1 is 1.17 bits per heavy atom. The topological polar surface area (TPSA) is 99.2 Å². The van der Waals surface area contributed by atoms with E-state index in [1.54, 1.807) is 42.2 Å². The lowest BCUT2D eigenvalue weighted by atomic mass is 10.2. The minimum atomic E-state index is -0.582. The first-order valence-corrected chi connectivity index (χ1v) is 9.00. The summed E-state index contributed by atoms with van der Waals surface area (Å²) in [5, 5.41) is 7.74. The van der Waals surface area contributed by atoms with Crippen molar-refractivity contribution in [1.29, 1.82) is 0 Å². The second kappa shape index (κ2) is 7.97. The summed E-state index contributed by atoms with van der Waals surface area (Å²) in [6.45, 7) is 1.43. The zero-order chi connectivity index (χ0) is 20.2. The summed E-state index contributed by atoms with van der Waals surface area (Å²) in [5.41, 5.74) is 1.85. The smallest absolute Gasteiger partial charge is 0.338 e. The van der Waals surface area contributed by atoms with Gasteiger partial charge in [-0.25, -0.2) is 14.5 Å². The van der Waals surface area contributed by atoms with Gasteiger partial charge in [-0.2, -0.15) is 5.10 Å². The molecule has 8 nitrogen and oxygen atoms in total. The third-order valence-electron chi connectivity index (χ3n) is 4.37. The molecule has 8 heteroatoms. The molecule has 0 bridgehead atoms. The number of rotatable bonds is 6. The average Bonchev–Trinajstić information content (AvgIpc) is 3.42. The normalized spacial score (nSPS) is 11.9. The first-order valence-electron chi connectivity index (χ1n) is 9.00.